The molecule has 19 heavy (non-hydrogen) atoms. The van der Waals surface area contributed by atoms with Crippen molar-refractivity contribution in [2.45, 2.75) is 32.4 Å². The highest BCUT2D eigenvalue weighted by Gasteiger charge is 2.04. The van der Waals surface area contributed by atoms with Gasteiger partial charge >= 0.3 is 0 Å². The molecule has 2 aromatic rings. The highest BCUT2D eigenvalue weighted by molar-refractivity contribution is 7.08. The third kappa shape index (κ3) is 4.78. The van der Waals surface area contributed by atoms with Crippen molar-refractivity contribution in [2.24, 2.45) is 5.73 Å². The summed E-state index contributed by atoms with van der Waals surface area (Å²) in [4.78, 5) is 0. The van der Waals surface area contributed by atoms with Crippen LogP contribution in [0, 0.1) is 6.92 Å². The summed E-state index contributed by atoms with van der Waals surface area (Å²) in [7, 11) is 0. The lowest BCUT2D eigenvalue weighted by Gasteiger charge is -2.12. The molecular formula is C16H22N2S. The smallest absolute Gasteiger partial charge is 0.0217 e. The van der Waals surface area contributed by atoms with Gasteiger partial charge in [0.1, 0.15) is 0 Å². The van der Waals surface area contributed by atoms with Crippen molar-refractivity contribution < 1.29 is 0 Å². The molecule has 1 heterocycles. The molecule has 1 atom stereocenters. The number of thiophene rings is 1. The van der Waals surface area contributed by atoms with Crippen molar-refractivity contribution >= 4 is 11.3 Å². The Hall–Kier alpha value is -1.16. The van der Waals surface area contributed by atoms with Crippen molar-refractivity contribution in [3.05, 3.63) is 57.8 Å². The summed E-state index contributed by atoms with van der Waals surface area (Å²) in [5.74, 6) is 0. The van der Waals surface area contributed by atoms with Gasteiger partial charge in [0.25, 0.3) is 0 Å². The van der Waals surface area contributed by atoms with Crippen LogP contribution in [0.4, 0.5) is 0 Å². The van der Waals surface area contributed by atoms with E-state index in [4.69, 9.17) is 5.73 Å². The molecule has 0 bridgehead atoms. The summed E-state index contributed by atoms with van der Waals surface area (Å²) in [6, 6.07) is 10.8. The van der Waals surface area contributed by atoms with Crippen LogP contribution in [0.25, 0.3) is 0 Å². The van der Waals surface area contributed by atoms with Crippen molar-refractivity contribution in [2.75, 3.05) is 6.54 Å². The number of aryl methyl sites for hydroxylation is 2. The van der Waals surface area contributed by atoms with Crippen molar-refractivity contribution in [1.29, 1.82) is 0 Å². The lowest BCUT2D eigenvalue weighted by atomic mass is 10.1. The fourth-order valence-electron chi connectivity index (χ4n) is 2.06. The topological polar surface area (TPSA) is 38.0 Å². The lowest BCUT2D eigenvalue weighted by Crippen LogP contribution is -2.33. The third-order valence-electron chi connectivity index (χ3n) is 3.33. The Labute approximate surface area is 119 Å². The van der Waals surface area contributed by atoms with Gasteiger partial charge in [0, 0.05) is 19.1 Å². The van der Waals surface area contributed by atoms with Crippen LogP contribution < -0.4 is 11.1 Å². The molecule has 102 valence electrons. The van der Waals surface area contributed by atoms with Crippen LogP contribution >= 0.6 is 11.3 Å². The van der Waals surface area contributed by atoms with Crippen LogP contribution in [0.5, 0.6) is 0 Å². The predicted molar refractivity (Wildman–Crippen MR) is 83.5 cm³/mol. The lowest BCUT2D eigenvalue weighted by molar-refractivity contribution is 0.544. The van der Waals surface area contributed by atoms with Crippen LogP contribution in [0.2, 0.25) is 0 Å². The van der Waals surface area contributed by atoms with E-state index < -0.39 is 0 Å². The van der Waals surface area contributed by atoms with E-state index in [1.165, 1.54) is 16.7 Å². The summed E-state index contributed by atoms with van der Waals surface area (Å²) in [5, 5.41) is 7.84. The van der Waals surface area contributed by atoms with Gasteiger partial charge in [-0.1, -0.05) is 30.3 Å². The summed E-state index contributed by atoms with van der Waals surface area (Å²) in [5.41, 5.74) is 10.3. The Balaban J connectivity index is 1.65. The van der Waals surface area contributed by atoms with E-state index in [0.717, 1.165) is 25.9 Å². The highest BCUT2D eigenvalue weighted by atomic mass is 32.1. The van der Waals surface area contributed by atoms with Crippen molar-refractivity contribution in [3.8, 4) is 0 Å². The second-order valence-corrected chi connectivity index (χ2v) is 5.74. The van der Waals surface area contributed by atoms with E-state index in [0.29, 0.717) is 0 Å². The maximum atomic E-state index is 6.14. The van der Waals surface area contributed by atoms with Gasteiger partial charge in [0.15, 0.2) is 0 Å². The van der Waals surface area contributed by atoms with E-state index in [1.807, 2.05) is 6.07 Å². The van der Waals surface area contributed by atoms with Crippen LogP contribution in [-0.2, 0) is 13.0 Å². The molecule has 0 aliphatic carbocycles. The number of benzene rings is 1. The molecule has 0 fully saturated rings. The van der Waals surface area contributed by atoms with Gasteiger partial charge in [-0.15, -0.1) is 0 Å². The van der Waals surface area contributed by atoms with Gasteiger partial charge in [-0.25, -0.2) is 0 Å². The minimum atomic E-state index is 0.221. The Bertz CT molecular complexity index is 479. The number of rotatable bonds is 7. The minimum Gasteiger partial charge on any atom is -0.327 e. The van der Waals surface area contributed by atoms with E-state index in [1.54, 1.807) is 11.3 Å². The number of hydrogen-bond acceptors (Lipinski definition) is 3. The van der Waals surface area contributed by atoms with Gasteiger partial charge in [-0.2, -0.15) is 11.3 Å². The maximum Gasteiger partial charge on any atom is 0.0217 e. The molecule has 1 aromatic heterocycles. The summed E-state index contributed by atoms with van der Waals surface area (Å²) >= 11 is 1.76. The molecule has 1 aromatic carbocycles. The Morgan fingerprint density at radius 2 is 2.00 bits per heavy atom. The first-order valence-electron chi connectivity index (χ1n) is 6.77. The zero-order valence-corrected chi connectivity index (χ0v) is 12.2. The van der Waals surface area contributed by atoms with Crippen LogP contribution in [0.1, 0.15) is 23.1 Å². The van der Waals surface area contributed by atoms with E-state index in [9.17, 15) is 0 Å². The van der Waals surface area contributed by atoms with Gasteiger partial charge in [0.05, 0.1) is 0 Å². The second-order valence-electron chi connectivity index (χ2n) is 5.00. The number of nitrogens with two attached hydrogens (primary N) is 1. The maximum absolute atomic E-state index is 6.14. The molecule has 2 rings (SSSR count). The first kappa shape index (κ1) is 14.3. The first-order valence-corrected chi connectivity index (χ1v) is 7.72. The molecule has 2 nitrogen and oxygen atoms in total. The monoisotopic (exact) mass is 274 g/mol. The summed E-state index contributed by atoms with van der Waals surface area (Å²) in [6.07, 6.45) is 2.08. The molecule has 0 aliphatic rings. The average molecular weight is 274 g/mol. The molecule has 3 heteroatoms. The molecular weight excluding hydrogens is 252 g/mol. The Morgan fingerprint density at radius 1 is 1.21 bits per heavy atom. The normalized spacial score (nSPS) is 12.5. The summed E-state index contributed by atoms with van der Waals surface area (Å²) in [6.45, 7) is 3.96. The van der Waals surface area contributed by atoms with Gasteiger partial charge in [0.2, 0.25) is 0 Å². The van der Waals surface area contributed by atoms with Crippen LogP contribution in [0.3, 0.4) is 0 Å². The van der Waals surface area contributed by atoms with Gasteiger partial charge in [-0.3, -0.25) is 0 Å². The SMILES string of the molecule is Cc1cscc1CNCC(N)CCc1ccccc1. The minimum absolute atomic E-state index is 0.221. The molecule has 3 N–H and O–H groups in total. The molecule has 0 aliphatic heterocycles. The van der Waals surface area contributed by atoms with Crippen molar-refractivity contribution in [1.82, 2.24) is 5.32 Å². The summed E-state index contributed by atoms with van der Waals surface area (Å²) < 4.78 is 0. The molecule has 0 spiro atoms. The van der Waals surface area contributed by atoms with Crippen molar-refractivity contribution in [3.63, 3.8) is 0 Å². The fourth-order valence-corrected chi connectivity index (χ4v) is 2.92. The second kappa shape index (κ2) is 7.43. The standard InChI is InChI=1S/C16H22N2S/c1-13-11-19-12-15(13)9-18-10-16(17)8-7-14-5-3-2-4-6-14/h2-6,11-12,16,18H,7-10,17H2,1H3. The number of nitrogens with one attached hydrogen (secondary N) is 1. The van der Waals surface area contributed by atoms with Gasteiger partial charge < -0.3 is 11.1 Å². The Kier molecular flexibility index (Phi) is 5.58. The highest BCUT2D eigenvalue weighted by Crippen LogP contribution is 2.13. The third-order valence-corrected chi connectivity index (χ3v) is 4.24. The van der Waals surface area contributed by atoms with Crippen LogP contribution in [-0.4, -0.2) is 12.6 Å². The zero-order valence-electron chi connectivity index (χ0n) is 11.4. The fraction of sp³-hybridized carbons (Fsp3) is 0.375. The molecule has 0 radical (unpaired) electrons. The Morgan fingerprint density at radius 3 is 2.68 bits per heavy atom. The van der Waals surface area contributed by atoms with Crippen LogP contribution in [0.15, 0.2) is 41.1 Å². The average Bonchev–Trinajstić information content (AvgIpc) is 2.83. The molecule has 0 saturated heterocycles. The largest absolute Gasteiger partial charge is 0.327 e. The van der Waals surface area contributed by atoms with E-state index >= 15 is 0 Å². The number of hydrogen-bond donors (Lipinski definition) is 2. The molecule has 0 amide bonds. The molecule has 1 unspecified atom stereocenters. The first-order chi connectivity index (χ1) is 9.25. The van der Waals surface area contributed by atoms with E-state index in [2.05, 4.69) is 47.3 Å². The zero-order chi connectivity index (χ0) is 13.5. The molecule has 0 saturated carbocycles. The van der Waals surface area contributed by atoms with Gasteiger partial charge in [-0.05, 0) is 47.2 Å². The van der Waals surface area contributed by atoms with E-state index in [-0.39, 0.29) is 6.04 Å². The quantitative estimate of drug-likeness (QED) is 0.814. The predicted octanol–water partition coefficient (Wildman–Crippen LogP) is 3.11.